The number of aromatic carboxylic acids is 1. The summed E-state index contributed by atoms with van der Waals surface area (Å²) in [6.45, 7) is 0.173. The Morgan fingerprint density at radius 2 is 2.04 bits per heavy atom. The molecular weight excluding hydrogens is 382 g/mol. The number of hydrogen-bond donors (Lipinski definition) is 1. The number of rotatable bonds is 5. The average Bonchev–Trinajstić information content (AvgIpc) is 2.90. The van der Waals surface area contributed by atoms with Crippen LogP contribution in [0.25, 0.3) is 22.2 Å². The number of carboxylic acids is 1. The highest BCUT2D eigenvalue weighted by molar-refractivity contribution is 6.01. The largest absolute Gasteiger partial charge is 0.481 e. The van der Waals surface area contributed by atoms with Gasteiger partial charge < -0.3 is 14.4 Å². The Hall–Kier alpha value is -3.17. The summed E-state index contributed by atoms with van der Waals surface area (Å²) in [6.07, 6.45) is -2.91. The smallest absolute Gasteiger partial charge is 0.422 e. The second-order valence-electron chi connectivity index (χ2n) is 6.02. The van der Waals surface area contributed by atoms with Crippen molar-refractivity contribution in [2.75, 3.05) is 6.61 Å². The molecule has 0 aliphatic carbocycles. The fraction of sp³-hybridized carbons (Fsp3) is 0.278. The molecular formula is C18H15F4N3O3. The van der Waals surface area contributed by atoms with Gasteiger partial charge in [-0.2, -0.15) is 17.6 Å². The van der Waals surface area contributed by atoms with E-state index < -0.39 is 36.1 Å². The van der Waals surface area contributed by atoms with Gasteiger partial charge in [-0.25, -0.2) is 14.8 Å². The van der Waals surface area contributed by atoms with Crippen LogP contribution in [-0.4, -0.2) is 38.4 Å². The standard InChI is InChI=1S/C18H15F4N3O3/c1-3-12-10(9-4-5-13(19)23-7-9)6-11-15(28-8-18(20,21)22)14(17(26)27)25(2)16(11)24-12/h4-7H,3,8H2,1-2H3,(H,26,27). The molecule has 0 aromatic carbocycles. The quantitative estimate of drug-likeness (QED) is 0.521. The van der Waals surface area contributed by atoms with Gasteiger partial charge in [0.25, 0.3) is 0 Å². The summed E-state index contributed by atoms with van der Waals surface area (Å²) in [5.41, 5.74) is 1.28. The highest BCUT2D eigenvalue weighted by Gasteiger charge is 2.32. The molecule has 3 rings (SSSR count). The molecule has 3 heterocycles. The molecule has 0 saturated heterocycles. The van der Waals surface area contributed by atoms with Crippen molar-refractivity contribution in [2.45, 2.75) is 19.5 Å². The minimum Gasteiger partial charge on any atom is -0.481 e. The summed E-state index contributed by atoms with van der Waals surface area (Å²) in [5, 5.41) is 9.57. The Morgan fingerprint density at radius 3 is 2.57 bits per heavy atom. The van der Waals surface area contributed by atoms with Gasteiger partial charge in [0.1, 0.15) is 5.65 Å². The topological polar surface area (TPSA) is 77.2 Å². The van der Waals surface area contributed by atoms with Gasteiger partial charge in [0.2, 0.25) is 5.95 Å². The van der Waals surface area contributed by atoms with E-state index in [2.05, 4.69) is 9.97 Å². The van der Waals surface area contributed by atoms with Crippen molar-refractivity contribution in [1.82, 2.24) is 14.5 Å². The maximum absolute atomic E-state index is 13.1. The van der Waals surface area contributed by atoms with Crippen LogP contribution < -0.4 is 4.74 Å². The first-order valence-corrected chi connectivity index (χ1v) is 8.19. The van der Waals surface area contributed by atoms with Gasteiger partial charge >= 0.3 is 12.1 Å². The van der Waals surface area contributed by atoms with E-state index in [1.165, 1.54) is 29.9 Å². The molecule has 28 heavy (non-hydrogen) atoms. The molecule has 3 aromatic heterocycles. The molecule has 1 N–H and O–H groups in total. The van der Waals surface area contributed by atoms with Crippen LogP contribution in [0.4, 0.5) is 17.6 Å². The Kier molecular flexibility index (Phi) is 4.97. The van der Waals surface area contributed by atoms with Crippen LogP contribution in [0.3, 0.4) is 0 Å². The molecule has 0 atom stereocenters. The molecule has 0 saturated carbocycles. The number of carboxylic acid groups (broad SMARTS) is 1. The van der Waals surface area contributed by atoms with Crippen LogP contribution in [0, 0.1) is 5.95 Å². The third-order valence-electron chi connectivity index (χ3n) is 4.15. The third kappa shape index (κ3) is 3.62. The lowest BCUT2D eigenvalue weighted by molar-refractivity contribution is -0.153. The van der Waals surface area contributed by atoms with Gasteiger partial charge in [-0.05, 0) is 24.6 Å². The summed E-state index contributed by atoms with van der Waals surface area (Å²) in [4.78, 5) is 19.6. The van der Waals surface area contributed by atoms with E-state index in [1.54, 1.807) is 0 Å². The number of aromatic nitrogens is 3. The first-order chi connectivity index (χ1) is 13.1. The van der Waals surface area contributed by atoms with E-state index in [0.717, 1.165) is 6.07 Å². The van der Waals surface area contributed by atoms with E-state index in [1.807, 2.05) is 6.92 Å². The molecule has 0 spiro atoms. The predicted octanol–water partition coefficient (Wildman–Crippen LogP) is 3.98. The van der Waals surface area contributed by atoms with Gasteiger partial charge in [0.05, 0.1) is 11.1 Å². The van der Waals surface area contributed by atoms with E-state index >= 15 is 0 Å². The van der Waals surface area contributed by atoms with Crippen molar-refractivity contribution in [3.63, 3.8) is 0 Å². The van der Waals surface area contributed by atoms with Crippen LogP contribution in [0.2, 0.25) is 0 Å². The molecule has 6 nitrogen and oxygen atoms in total. The number of alkyl halides is 3. The van der Waals surface area contributed by atoms with Crippen molar-refractivity contribution >= 4 is 17.0 Å². The van der Waals surface area contributed by atoms with Gasteiger partial charge in [0.15, 0.2) is 18.1 Å². The van der Waals surface area contributed by atoms with Crippen LogP contribution in [-0.2, 0) is 13.5 Å². The maximum atomic E-state index is 13.1. The lowest BCUT2D eigenvalue weighted by atomic mass is 10.0. The summed E-state index contributed by atoms with van der Waals surface area (Å²) >= 11 is 0. The minimum atomic E-state index is -4.64. The Labute approximate surface area is 156 Å². The zero-order valence-electron chi connectivity index (χ0n) is 14.8. The minimum absolute atomic E-state index is 0.112. The molecule has 0 aliphatic heterocycles. The number of aryl methyl sites for hydroxylation is 2. The number of hydrogen-bond acceptors (Lipinski definition) is 4. The van der Waals surface area contributed by atoms with Gasteiger partial charge in [0, 0.05) is 24.4 Å². The molecule has 0 amide bonds. The molecule has 10 heteroatoms. The number of nitrogens with zero attached hydrogens (tertiary/aromatic N) is 3. The lowest BCUT2D eigenvalue weighted by Gasteiger charge is -2.11. The fourth-order valence-corrected chi connectivity index (χ4v) is 2.94. The monoisotopic (exact) mass is 397 g/mol. The zero-order valence-corrected chi connectivity index (χ0v) is 14.8. The lowest BCUT2D eigenvalue weighted by Crippen LogP contribution is -2.20. The van der Waals surface area contributed by atoms with E-state index in [9.17, 15) is 27.5 Å². The van der Waals surface area contributed by atoms with Gasteiger partial charge in [-0.3, -0.25) is 0 Å². The number of fused-ring (bicyclic) bond motifs is 1. The van der Waals surface area contributed by atoms with Crippen LogP contribution in [0.1, 0.15) is 23.1 Å². The summed E-state index contributed by atoms with van der Waals surface area (Å²) in [6, 6.07) is 4.10. The summed E-state index contributed by atoms with van der Waals surface area (Å²) in [7, 11) is 1.39. The zero-order chi connectivity index (χ0) is 20.6. The molecule has 0 aliphatic rings. The van der Waals surface area contributed by atoms with Crippen LogP contribution in [0.15, 0.2) is 24.4 Å². The maximum Gasteiger partial charge on any atom is 0.422 e. The Morgan fingerprint density at radius 1 is 1.32 bits per heavy atom. The van der Waals surface area contributed by atoms with E-state index in [-0.39, 0.29) is 11.0 Å². The second-order valence-corrected chi connectivity index (χ2v) is 6.02. The molecule has 3 aromatic rings. The third-order valence-corrected chi connectivity index (χ3v) is 4.15. The van der Waals surface area contributed by atoms with Crippen molar-refractivity contribution in [3.8, 4) is 16.9 Å². The predicted molar refractivity (Wildman–Crippen MR) is 91.8 cm³/mol. The van der Waals surface area contributed by atoms with Gasteiger partial charge in [-0.1, -0.05) is 6.92 Å². The van der Waals surface area contributed by atoms with Crippen molar-refractivity contribution < 1.29 is 32.2 Å². The Bertz CT molecular complexity index is 1040. The molecule has 148 valence electrons. The first-order valence-electron chi connectivity index (χ1n) is 8.19. The number of carbonyl (C=O) groups is 1. The number of halogens is 4. The van der Waals surface area contributed by atoms with Crippen molar-refractivity contribution in [2.24, 2.45) is 7.05 Å². The summed E-state index contributed by atoms with van der Waals surface area (Å²) < 4.78 is 57.1. The fourth-order valence-electron chi connectivity index (χ4n) is 2.94. The molecule has 0 radical (unpaired) electrons. The molecule has 0 bridgehead atoms. The van der Waals surface area contributed by atoms with Crippen LogP contribution >= 0.6 is 0 Å². The normalized spacial score (nSPS) is 11.8. The average molecular weight is 397 g/mol. The number of ether oxygens (including phenoxy) is 1. The molecule has 0 fully saturated rings. The highest BCUT2D eigenvalue weighted by atomic mass is 19.4. The highest BCUT2D eigenvalue weighted by Crippen LogP contribution is 2.37. The summed E-state index contributed by atoms with van der Waals surface area (Å²) in [5.74, 6) is -2.55. The number of pyridine rings is 2. The second kappa shape index (κ2) is 7.10. The van der Waals surface area contributed by atoms with Crippen molar-refractivity contribution in [3.05, 3.63) is 41.7 Å². The van der Waals surface area contributed by atoms with E-state index in [4.69, 9.17) is 4.74 Å². The van der Waals surface area contributed by atoms with E-state index in [0.29, 0.717) is 23.2 Å². The van der Waals surface area contributed by atoms with Crippen molar-refractivity contribution in [1.29, 1.82) is 0 Å². The van der Waals surface area contributed by atoms with Gasteiger partial charge in [-0.15, -0.1) is 0 Å². The first kappa shape index (κ1) is 19.6. The van der Waals surface area contributed by atoms with Crippen LogP contribution in [0.5, 0.6) is 5.75 Å². The SMILES string of the molecule is CCc1nc2c(cc1-c1ccc(F)nc1)c(OCC(F)(F)F)c(C(=O)O)n2C. The Balaban J connectivity index is 2.27. The molecule has 0 unspecified atom stereocenters.